The Balaban J connectivity index is 1.45. The highest BCUT2D eigenvalue weighted by Crippen LogP contribution is 2.33. The van der Waals surface area contributed by atoms with Crippen molar-refractivity contribution in [2.45, 2.75) is 32.6 Å². The molecule has 0 unspecified atom stereocenters. The average molecular weight is 432 g/mol. The first kappa shape index (κ1) is 21.3. The molecule has 0 bridgehead atoms. The van der Waals surface area contributed by atoms with Crippen molar-refractivity contribution in [3.63, 3.8) is 0 Å². The van der Waals surface area contributed by atoms with Crippen LogP contribution < -0.4 is 14.8 Å². The van der Waals surface area contributed by atoms with E-state index in [1.165, 1.54) is 16.3 Å². The predicted octanol–water partition coefficient (Wildman–Crippen LogP) is 4.27. The average Bonchev–Trinajstić information content (AvgIpc) is 3.36. The van der Waals surface area contributed by atoms with E-state index in [4.69, 9.17) is 9.47 Å². The molecule has 29 heavy (non-hydrogen) atoms. The van der Waals surface area contributed by atoms with Crippen molar-refractivity contribution >= 4 is 28.6 Å². The number of amides is 1. The van der Waals surface area contributed by atoms with E-state index in [-0.39, 0.29) is 12.3 Å². The number of hydrogen-bond acceptors (Lipinski definition) is 7. The van der Waals surface area contributed by atoms with Crippen LogP contribution in [-0.2, 0) is 17.6 Å². The highest BCUT2D eigenvalue weighted by Gasteiger charge is 2.11. The van der Waals surface area contributed by atoms with E-state index in [9.17, 15) is 4.79 Å². The molecule has 0 atom stereocenters. The zero-order valence-corrected chi connectivity index (χ0v) is 18.5. The van der Waals surface area contributed by atoms with E-state index in [0.717, 1.165) is 41.2 Å². The molecule has 0 fully saturated rings. The van der Waals surface area contributed by atoms with Gasteiger partial charge in [-0.2, -0.15) is 0 Å². The number of ether oxygens (including phenoxy) is 2. The molecule has 1 aromatic carbocycles. The number of unbranched alkanes of at least 4 members (excludes halogenated alkanes) is 1. The number of methoxy groups -OCH3 is 2. The first-order valence-corrected chi connectivity index (χ1v) is 11.2. The van der Waals surface area contributed by atoms with Crippen molar-refractivity contribution < 1.29 is 14.3 Å². The second-order valence-corrected chi connectivity index (χ2v) is 8.38. The summed E-state index contributed by atoms with van der Waals surface area (Å²) in [6.07, 6.45) is 3.22. The maximum atomic E-state index is 12.2. The van der Waals surface area contributed by atoms with Crippen LogP contribution in [0.5, 0.6) is 11.5 Å². The normalized spacial score (nSPS) is 10.7. The number of nitrogens with one attached hydrogen (secondary N) is 1. The molecule has 3 rings (SSSR count). The van der Waals surface area contributed by atoms with Gasteiger partial charge in [0, 0.05) is 28.6 Å². The molecule has 0 aliphatic heterocycles. The minimum absolute atomic E-state index is 0.000690. The van der Waals surface area contributed by atoms with Crippen LogP contribution in [-0.4, -0.2) is 36.6 Å². The van der Waals surface area contributed by atoms with Crippen molar-refractivity contribution in [2.75, 3.05) is 20.8 Å². The van der Waals surface area contributed by atoms with Gasteiger partial charge in [-0.3, -0.25) is 4.79 Å². The Bertz CT molecular complexity index is 952. The summed E-state index contributed by atoms with van der Waals surface area (Å²) in [5.41, 5.74) is 2.79. The fraction of sp³-hybridized carbons (Fsp3) is 0.381. The van der Waals surface area contributed by atoms with Gasteiger partial charge in [0.15, 0.2) is 11.5 Å². The summed E-state index contributed by atoms with van der Waals surface area (Å²) in [5.74, 6) is 1.34. The molecule has 0 aliphatic rings. The van der Waals surface area contributed by atoms with Crippen molar-refractivity contribution in [3.8, 4) is 22.1 Å². The van der Waals surface area contributed by atoms with Crippen LogP contribution in [0.15, 0.2) is 29.0 Å². The van der Waals surface area contributed by atoms with Crippen LogP contribution in [0.2, 0.25) is 0 Å². The molecule has 0 aliphatic carbocycles. The monoisotopic (exact) mass is 431 g/mol. The van der Waals surface area contributed by atoms with Crippen LogP contribution in [0, 0.1) is 6.92 Å². The molecule has 2 heterocycles. The fourth-order valence-electron chi connectivity index (χ4n) is 2.86. The molecular weight excluding hydrogens is 406 g/mol. The molecule has 2 aromatic heterocycles. The quantitative estimate of drug-likeness (QED) is 0.485. The van der Waals surface area contributed by atoms with Crippen molar-refractivity contribution in [3.05, 3.63) is 45.4 Å². The lowest BCUT2D eigenvalue weighted by Gasteiger charge is -2.08. The Morgan fingerprint density at radius 3 is 2.62 bits per heavy atom. The van der Waals surface area contributed by atoms with E-state index in [2.05, 4.69) is 20.7 Å². The molecule has 6 nitrogen and oxygen atoms in total. The second kappa shape index (κ2) is 10.4. The second-order valence-electron chi connectivity index (χ2n) is 6.58. The molecule has 0 saturated carbocycles. The van der Waals surface area contributed by atoms with Gasteiger partial charge in [0.05, 0.1) is 31.3 Å². The summed E-state index contributed by atoms with van der Waals surface area (Å²) in [5, 5.41) is 8.99. The summed E-state index contributed by atoms with van der Waals surface area (Å²) >= 11 is 3.22. The van der Waals surface area contributed by atoms with Gasteiger partial charge in [-0.05, 0) is 44.4 Å². The first-order chi connectivity index (χ1) is 14.1. The van der Waals surface area contributed by atoms with Gasteiger partial charge in [0.25, 0.3) is 0 Å². The predicted molar refractivity (Wildman–Crippen MR) is 117 cm³/mol. The van der Waals surface area contributed by atoms with Crippen molar-refractivity contribution in [1.29, 1.82) is 0 Å². The van der Waals surface area contributed by atoms with Gasteiger partial charge in [-0.25, -0.2) is 9.97 Å². The molecule has 0 radical (unpaired) electrons. The highest BCUT2D eigenvalue weighted by molar-refractivity contribution is 7.13. The van der Waals surface area contributed by atoms with Crippen LogP contribution >= 0.6 is 22.7 Å². The minimum atomic E-state index is -0.000690. The fourth-order valence-corrected chi connectivity index (χ4v) is 4.50. The SMILES string of the molecule is COc1ccc(-c2nc(CC(=O)NCCCCc3nc(C)cs3)cs2)cc1OC. The van der Waals surface area contributed by atoms with Gasteiger partial charge in [0.1, 0.15) is 5.01 Å². The van der Waals surface area contributed by atoms with E-state index in [0.29, 0.717) is 18.0 Å². The first-order valence-electron chi connectivity index (χ1n) is 9.43. The van der Waals surface area contributed by atoms with Gasteiger partial charge in [0.2, 0.25) is 5.91 Å². The summed E-state index contributed by atoms with van der Waals surface area (Å²) in [4.78, 5) is 21.2. The number of benzene rings is 1. The van der Waals surface area contributed by atoms with Crippen molar-refractivity contribution in [1.82, 2.24) is 15.3 Å². The number of thiazole rings is 2. The van der Waals surface area contributed by atoms with Gasteiger partial charge in [-0.15, -0.1) is 22.7 Å². The molecular formula is C21H25N3O3S2. The Kier molecular flexibility index (Phi) is 7.60. The maximum Gasteiger partial charge on any atom is 0.226 e. The Morgan fingerprint density at radius 1 is 1.07 bits per heavy atom. The standard InChI is InChI=1S/C21H25N3O3S2/c1-14-12-28-20(23-14)6-4-5-9-22-19(25)11-16-13-29-21(24-16)15-7-8-17(26-2)18(10-15)27-3/h7-8,10,12-13H,4-6,9,11H2,1-3H3,(H,22,25). The Morgan fingerprint density at radius 2 is 1.90 bits per heavy atom. The molecule has 3 aromatic rings. The Hall–Kier alpha value is -2.45. The van der Waals surface area contributed by atoms with Crippen LogP contribution in [0.1, 0.15) is 29.2 Å². The van der Waals surface area contributed by atoms with Crippen LogP contribution in [0.3, 0.4) is 0 Å². The number of nitrogens with zero attached hydrogens (tertiary/aromatic N) is 2. The maximum absolute atomic E-state index is 12.2. The largest absolute Gasteiger partial charge is 0.493 e. The van der Waals surface area contributed by atoms with E-state index in [1.54, 1.807) is 25.6 Å². The third kappa shape index (κ3) is 6.01. The number of rotatable bonds is 10. The molecule has 0 spiro atoms. The van der Waals surface area contributed by atoms with E-state index in [1.807, 2.05) is 30.5 Å². The van der Waals surface area contributed by atoms with Gasteiger partial charge in [-0.1, -0.05) is 0 Å². The number of hydrogen-bond donors (Lipinski definition) is 1. The highest BCUT2D eigenvalue weighted by atomic mass is 32.1. The number of carbonyl (C=O) groups excluding carboxylic acids is 1. The van der Waals surface area contributed by atoms with Gasteiger partial charge < -0.3 is 14.8 Å². The summed E-state index contributed by atoms with van der Waals surface area (Å²) in [6.45, 7) is 2.69. The molecule has 0 saturated heterocycles. The number of carbonyl (C=O) groups is 1. The number of aryl methyl sites for hydroxylation is 2. The lowest BCUT2D eigenvalue weighted by atomic mass is 10.2. The summed E-state index contributed by atoms with van der Waals surface area (Å²) < 4.78 is 10.6. The summed E-state index contributed by atoms with van der Waals surface area (Å²) in [7, 11) is 3.22. The third-order valence-corrected chi connectivity index (χ3v) is 6.30. The molecule has 154 valence electrons. The zero-order valence-electron chi connectivity index (χ0n) is 16.9. The smallest absolute Gasteiger partial charge is 0.226 e. The Labute approximate surface area is 178 Å². The molecule has 1 N–H and O–H groups in total. The lowest BCUT2D eigenvalue weighted by molar-refractivity contribution is -0.120. The third-order valence-electron chi connectivity index (χ3n) is 4.33. The van der Waals surface area contributed by atoms with Crippen LogP contribution in [0.25, 0.3) is 10.6 Å². The lowest BCUT2D eigenvalue weighted by Crippen LogP contribution is -2.26. The van der Waals surface area contributed by atoms with Crippen LogP contribution in [0.4, 0.5) is 0 Å². The van der Waals surface area contributed by atoms with Crippen molar-refractivity contribution in [2.24, 2.45) is 0 Å². The number of aromatic nitrogens is 2. The zero-order chi connectivity index (χ0) is 20.6. The van der Waals surface area contributed by atoms with E-state index >= 15 is 0 Å². The van der Waals surface area contributed by atoms with E-state index < -0.39 is 0 Å². The molecule has 8 heteroatoms. The topological polar surface area (TPSA) is 73.3 Å². The summed E-state index contributed by atoms with van der Waals surface area (Å²) in [6, 6.07) is 5.69. The molecule has 1 amide bonds. The van der Waals surface area contributed by atoms with Gasteiger partial charge >= 0.3 is 0 Å². The minimum Gasteiger partial charge on any atom is -0.493 e.